The first kappa shape index (κ1) is 16.6. The summed E-state index contributed by atoms with van der Waals surface area (Å²) in [6, 6.07) is 0. The lowest BCUT2D eigenvalue weighted by atomic mass is 9.97. The van der Waals surface area contributed by atoms with Gasteiger partial charge in [0.2, 0.25) is 0 Å². The van der Waals surface area contributed by atoms with Crippen LogP contribution in [0.15, 0.2) is 6.33 Å². The smallest absolute Gasteiger partial charge is 0.290 e. The van der Waals surface area contributed by atoms with Crippen LogP contribution in [0.3, 0.4) is 0 Å². The fourth-order valence-electron chi connectivity index (χ4n) is 2.63. The highest BCUT2D eigenvalue weighted by Gasteiger charge is 2.24. The lowest BCUT2D eigenvalue weighted by Crippen LogP contribution is -2.34. The molecule has 1 unspecified atom stereocenters. The van der Waals surface area contributed by atoms with Gasteiger partial charge in [-0.2, -0.15) is 5.10 Å². The van der Waals surface area contributed by atoms with Crippen LogP contribution in [-0.2, 0) is 11.3 Å². The van der Waals surface area contributed by atoms with Crippen LogP contribution >= 0.6 is 11.3 Å². The third-order valence-electron chi connectivity index (χ3n) is 3.76. The van der Waals surface area contributed by atoms with Crippen LogP contribution in [0.1, 0.15) is 40.2 Å². The molecule has 1 atom stereocenters. The molecular weight excluding hydrogens is 302 g/mol. The summed E-state index contributed by atoms with van der Waals surface area (Å²) >= 11 is 1.82. The number of hydrogen-bond acceptors (Lipinski definition) is 6. The Balaban J connectivity index is 0.000000545. The van der Waals surface area contributed by atoms with E-state index in [9.17, 15) is 0 Å². The Labute approximate surface area is 133 Å². The van der Waals surface area contributed by atoms with Crippen molar-refractivity contribution in [3.05, 3.63) is 27.7 Å². The first-order chi connectivity index (χ1) is 10.6. The molecule has 0 bridgehead atoms. The summed E-state index contributed by atoms with van der Waals surface area (Å²) in [5.74, 6) is 1.51. The molecule has 0 aliphatic carbocycles. The van der Waals surface area contributed by atoms with E-state index in [1.165, 1.54) is 28.4 Å². The van der Waals surface area contributed by atoms with Gasteiger partial charge in [-0.15, -0.1) is 11.3 Å². The topological polar surface area (TPSA) is 95.0 Å². The molecule has 0 saturated carbocycles. The fraction of sp³-hybridized carbons (Fsp3) is 0.571. The number of aryl methyl sites for hydroxylation is 2. The molecule has 1 aliphatic heterocycles. The molecule has 120 valence electrons. The van der Waals surface area contributed by atoms with Crippen molar-refractivity contribution >= 4 is 17.8 Å². The minimum absolute atomic E-state index is 0.250. The van der Waals surface area contributed by atoms with Gasteiger partial charge in [-0.3, -0.25) is 14.8 Å². The molecule has 0 radical (unpaired) electrons. The van der Waals surface area contributed by atoms with E-state index in [0.29, 0.717) is 5.92 Å². The second kappa shape index (κ2) is 8.00. The Morgan fingerprint density at radius 3 is 2.91 bits per heavy atom. The number of thiazole rings is 1. The molecule has 3 rings (SSSR count). The summed E-state index contributed by atoms with van der Waals surface area (Å²) in [6.45, 7) is 7.14. The van der Waals surface area contributed by atoms with Crippen molar-refractivity contribution in [1.29, 1.82) is 0 Å². The Kier molecular flexibility index (Phi) is 6.02. The van der Waals surface area contributed by atoms with Gasteiger partial charge in [-0.25, -0.2) is 9.97 Å². The van der Waals surface area contributed by atoms with Crippen LogP contribution in [0.4, 0.5) is 0 Å². The predicted molar refractivity (Wildman–Crippen MR) is 83.9 cm³/mol. The standard InChI is InChI=1S/C13H19N5S.CH2O2/c1-9-10(2)19-12(16-9)7-18-5-3-4-11(6-18)13-14-8-15-17-13;2-1-3/h8,11H,3-7H2,1-2H3,(H,14,15,17);1H,(H,2,3). The molecule has 8 heteroatoms. The normalized spacial score (nSPS) is 18.5. The van der Waals surface area contributed by atoms with Crippen LogP contribution in [-0.4, -0.2) is 49.7 Å². The quantitative estimate of drug-likeness (QED) is 0.838. The SMILES string of the molecule is Cc1nc(CN2CCCC(c3ncn[nH]3)C2)sc1C.O=CO. The second-order valence-corrected chi connectivity index (χ2v) is 6.59. The van der Waals surface area contributed by atoms with Gasteiger partial charge in [-0.05, 0) is 33.2 Å². The molecule has 7 nitrogen and oxygen atoms in total. The Morgan fingerprint density at radius 1 is 1.55 bits per heavy atom. The second-order valence-electron chi connectivity index (χ2n) is 5.30. The lowest BCUT2D eigenvalue weighted by molar-refractivity contribution is -0.122. The maximum Gasteiger partial charge on any atom is 0.290 e. The number of rotatable bonds is 3. The highest BCUT2D eigenvalue weighted by atomic mass is 32.1. The zero-order valence-electron chi connectivity index (χ0n) is 12.8. The van der Waals surface area contributed by atoms with Crippen molar-refractivity contribution in [1.82, 2.24) is 25.1 Å². The van der Waals surface area contributed by atoms with Crippen molar-refractivity contribution in [3.63, 3.8) is 0 Å². The monoisotopic (exact) mass is 323 g/mol. The molecule has 2 N–H and O–H groups in total. The summed E-state index contributed by atoms with van der Waals surface area (Å²) in [6.07, 6.45) is 4.01. The number of piperidine rings is 1. The minimum Gasteiger partial charge on any atom is -0.483 e. The van der Waals surface area contributed by atoms with Crippen LogP contribution in [0, 0.1) is 13.8 Å². The highest BCUT2D eigenvalue weighted by molar-refractivity contribution is 7.11. The van der Waals surface area contributed by atoms with E-state index >= 15 is 0 Å². The number of likely N-dealkylation sites (tertiary alicyclic amines) is 1. The third-order valence-corrected chi connectivity index (χ3v) is 4.82. The largest absolute Gasteiger partial charge is 0.483 e. The van der Waals surface area contributed by atoms with E-state index in [-0.39, 0.29) is 6.47 Å². The van der Waals surface area contributed by atoms with Crippen molar-refractivity contribution in [2.75, 3.05) is 13.1 Å². The minimum atomic E-state index is -0.250. The van der Waals surface area contributed by atoms with Gasteiger partial charge in [0, 0.05) is 17.3 Å². The predicted octanol–water partition coefficient (Wildman–Crippen LogP) is 1.96. The molecule has 22 heavy (non-hydrogen) atoms. The Bertz CT molecular complexity index is 565. The summed E-state index contributed by atoms with van der Waals surface area (Å²) in [5, 5.41) is 15.1. The third kappa shape index (κ3) is 4.35. The van der Waals surface area contributed by atoms with E-state index in [2.05, 4.69) is 38.9 Å². The van der Waals surface area contributed by atoms with E-state index in [4.69, 9.17) is 9.90 Å². The summed E-state index contributed by atoms with van der Waals surface area (Å²) in [4.78, 5) is 21.1. The van der Waals surface area contributed by atoms with E-state index < -0.39 is 0 Å². The number of aromatic nitrogens is 4. The van der Waals surface area contributed by atoms with Crippen LogP contribution in [0.5, 0.6) is 0 Å². The van der Waals surface area contributed by atoms with Gasteiger partial charge in [-0.1, -0.05) is 0 Å². The average Bonchev–Trinajstić information content (AvgIpc) is 3.11. The van der Waals surface area contributed by atoms with Gasteiger partial charge < -0.3 is 5.11 Å². The van der Waals surface area contributed by atoms with Gasteiger partial charge in [0.1, 0.15) is 17.2 Å². The number of hydrogen-bond donors (Lipinski definition) is 2. The van der Waals surface area contributed by atoms with E-state index in [1.54, 1.807) is 6.33 Å². The molecule has 0 amide bonds. The lowest BCUT2D eigenvalue weighted by Gasteiger charge is -2.30. The Hall–Kier alpha value is -1.80. The molecule has 2 aromatic heterocycles. The fourth-order valence-corrected chi connectivity index (χ4v) is 3.61. The number of nitrogens with zero attached hydrogens (tertiary/aromatic N) is 4. The average molecular weight is 323 g/mol. The molecule has 2 aromatic rings. The maximum absolute atomic E-state index is 8.36. The van der Waals surface area contributed by atoms with Gasteiger partial charge >= 0.3 is 0 Å². The van der Waals surface area contributed by atoms with E-state index in [0.717, 1.165) is 25.5 Å². The number of nitrogens with one attached hydrogen (secondary N) is 1. The highest BCUT2D eigenvalue weighted by Crippen LogP contribution is 2.26. The zero-order chi connectivity index (χ0) is 15.9. The number of carboxylic acid groups (broad SMARTS) is 1. The maximum atomic E-state index is 8.36. The summed E-state index contributed by atoms with van der Waals surface area (Å²) in [7, 11) is 0. The van der Waals surface area contributed by atoms with E-state index in [1.807, 2.05) is 11.3 Å². The molecule has 3 heterocycles. The van der Waals surface area contributed by atoms with Crippen LogP contribution in [0.2, 0.25) is 0 Å². The molecule has 0 aromatic carbocycles. The van der Waals surface area contributed by atoms with Crippen LogP contribution < -0.4 is 0 Å². The Morgan fingerprint density at radius 2 is 2.32 bits per heavy atom. The summed E-state index contributed by atoms with van der Waals surface area (Å²) in [5.41, 5.74) is 1.17. The zero-order valence-corrected chi connectivity index (χ0v) is 13.6. The number of H-pyrrole nitrogens is 1. The molecule has 1 saturated heterocycles. The van der Waals surface area contributed by atoms with Crippen LogP contribution in [0.25, 0.3) is 0 Å². The molecule has 0 spiro atoms. The molecule has 1 fully saturated rings. The first-order valence-electron chi connectivity index (χ1n) is 7.22. The van der Waals surface area contributed by atoms with Crippen molar-refractivity contribution in [3.8, 4) is 0 Å². The van der Waals surface area contributed by atoms with Crippen molar-refractivity contribution in [2.24, 2.45) is 0 Å². The summed E-state index contributed by atoms with van der Waals surface area (Å²) < 4.78 is 0. The molecular formula is C14H21N5O2S. The number of aromatic amines is 1. The first-order valence-corrected chi connectivity index (χ1v) is 8.04. The van der Waals surface area contributed by atoms with Gasteiger partial charge in [0.15, 0.2) is 0 Å². The number of carbonyl (C=O) groups is 1. The van der Waals surface area contributed by atoms with Crippen molar-refractivity contribution in [2.45, 2.75) is 39.2 Å². The van der Waals surface area contributed by atoms with Gasteiger partial charge in [0.05, 0.1) is 12.2 Å². The van der Waals surface area contributed by atoms with Crippen molar-refractivity contribution < 1.29 is 9.90 Å². The molecule has 1 aliphatic rings. The van der Waals surface area contributed by atoms with Gasteiger partial charge in [0.25, 0.3) is 6.47 Å².